The molecule has 0 saturated heterocycles. The molecule has 0 aliphatic heterocycles. The van der Waals surface area contributed by atoms with Crippen molar-refractivity contribution < 1.29 is 4.42 Å². The highest BCUT2D eigenvalue weighted by Gasteiger charge is 2.26. The van der Waals surface area contributed by atoms with Crippen LogP contribution in [0.2, 0.25) is 0 Å². The molecule has 0 radical (unpaired) electrons. The Bertz CT molecular complexity index is 3850. The van der Waals surface area contributed by atoms with Crippen LogP contribution < -0.4 is 0 Å². The van der Waals surface area contributed by atoms with Gasteiger partial charge in [-0.3, -0.25) is 4.57 Å². The minimum absolute atomic E-state index is 0.0330. The van der Waals surface area contributed by atoms with Crippen LogP contribution in [0.5, 0.6) is 0 Å². The summed E-state index contributed by atoms with van der Waals surface area (Å²) in [6.45, 7) is 0. The topological polar surface area (TPSA) is 82.5 Å². The van der Waals surface area contributed by atoms with Crippen molar-refractivity contribution in [2.45, 2.75) is 12.3 Å². The van der Waals surface area contributed by atoms with E-state index in [0.29, 0.717) is 17.6 Å². The Labute approximate surface area is 355 Å². The van der Waals surface area contributed by atoms with Crippen molar-refractivity contribution in [2.75, 3.05) is 0 Å². The molecule has 0 N–H and O–H groups in total. The number of hydrogen-bond donors (Lipinski definition) is 0. The first-order chi connectivity index (χ1) is 30.7. The van der Waals surface area contributed by atoms with Gasteiger partial charge in [0.25, 0.3) is 0 Å². The van der Waals surface area contributed by atoms with Gasteiger partial charge in [-0.15, -0.1) is 0 Å². The van der Waals surface area contributed by atoms with E-state index in [1.165, 1.54) is 0 Å². The molecule has 13 rings (SSSR count). The minimum atomic E-state index is 0.0330. The second kappa shape index (κ2) is 13.6. The molecular weight excluding hydrogens is 761 g/mol. The number of rotatable bonds is 5. The predicted molar refractivity (Wildman–Crippen MR) is 251 cm³/mol. The van der Waals surface area contributed by atoms with Crippen molar-refractivity contribution in [1.82, 2.24) is 29.5 Å². The number of fused-ring (bicyclic) bond motifs is 13. The van der Waals surface area contributed by atoms with Crippen LogP contribution in [0.15, 0.2) is 193 Å². The van der Waals surface area contributed by atoms with E-state index >= 15 is 0 Å². The Morgan fingerprint density at radius 3 is 2.00 bits per heavy atom. The molecule has 0 spiro atoms. The van der Waals surface area contributed by atoms with Gasteiger partial charge >= 0.3 is 0 Å². The molecular formula is C55H34N6O. The van der Waals surface area contributed by atoms with E-state index in [9.17, 15) is 0 Å². The molecule has 0 amide bonds. The lowest BCUT2D eigenvalue weighted by Crippen LogP contribution is -2.08. The van der Waals surface area contributed by atoms with Crippen LogP contribution in [0.3, 0.4) is 0 Å². The molecule has 4 heterocycles. The Hall–Kier alpha value is -8.29. The number of allylic oxidation sites excluding steroid dienone is 4. The highest BCUT2D eigenvalue weighted by molar-refractivity contribution is 6.36. The molecule has 1 aliphatic rings. The van der Waals surface area contributed by atoms with Gasteiger partial charge in [0.1, 0.15) is 17.0 Å². The molecule has 290 valence electrons. The molecule has 7 nitrogen and oxygen atoms in total. The molecule has 62 heavy (non-hydrogen) atoms. The third kappa shape index (κ3) is 5.28. The zero-order chi connectivity index (χ0) is 40.7. The van der Waals surface area contributed by atoms with E-state index < -0.39 is 0 Å². The number of aromatic nitrogens is 6. The van der Waals surface area contributed by atoms with E-state index in [1.54, 1.807) is 0 Å². The number of furan rings is 1. The highest BCUT2D eigenvalue weighted by atomic mass is 16.3. The van der Waals surface area contributed by atoms with Crippen LogP contribution >= 0.6 is 0 Å². The molecule has 4 aromatic heterocycles. The summed E-state index contributed by atoms with van der Waals surface area (Å²) in [4.78, 5) is 26.6. The second-order valence-corrected chi connectivity index (χ2v) is 15.9. The third-order valence-electron chi connectivity index (χ3n) is 12.3. The summed E-state index contributed by atoms with van der Waals surface area (Å²) in [5.74, 6) is 2.59. The molecule has 0 fully saturated rings. The fraction of sp³-hybridized carbons (Fsp3) is 0.0364. The maximum Gasteiger partial charge on any atom is 0.235 e. The van der Waals surface area contributed by atoms with Gasteiger partial charge in [-0.1, -0.05) is 170 Å². The number of hydrogen-bond acceptors (Lipinski definition) is 6. The van der Waals surface area contributed by atoms with Crippen LogP contribution in [0.4, 0.5) is 0 Å². The van der Waals surface area contributed by atoms with Crippen LogP contribution in [-0.2, 0) is 0 Å². The first-order valence-corrected chi connectivity index (χ1v) is 21.0. The molecule has 1 unspecified atom stereocenters. The fourth-order valence-electron chi connectivity index (χ4n) is 9.46. The molecule has 1 atom stereocenters. The average Bonchev–Trinajstić information content (AvgIpc) is 3.91. The van der Waals surface area contributed by atoms with Gasteiger partial charge in [0.05, 0.1) is 22.2 Å². The van der Waals surface area contributed by atoms with E-state index in [2.05, 4.69) is 162 Å². The van der Waals surface area contributed by atoms with Gasteiger partial charge < -0.3 is 4.42 Å². The second-order valence-electron chi connectivity index (χ2n) is 15.9. The van der Waals surface area contributed by atoms with Crippen molar-refractivity contribution in [3.05, 3.63) is 194 Å². The van der Waals surface area contributed by atoms with E-state index in [-0.39, 0.29) is 5.92 Å². The zero-order valence-electron chi connectivity index (χ0n) is 33.3. The SMILES string of the molecule is C1=CCC(c2nc(-c3ccccc3)nc(-c3ccc4c5c6c7ccccc7oc6c6ccccc6c5n(-c5nc(-c6ccccc6)c6ccc7ccccc7c6n5)c4c3)n2)C=C1. The number of nitrogens with zero attached hydrogens (tertiary/aromatic N) is 6. The quantitative estimate of drug-likeness (QED) is 0.161. The lowest BCUT2D eigenvalue weighted by molar-refractivity contribution is 0.673. The van der Waals surface area contributed by atoms with Gasteiger partial charge in [-0.2, -0.15) is 0 Å². The van der Waals surface area contributed by atoms with E-state index in [4.69, 9.17) is 29.3 Å². The van der Waals surface area contributed by atoms with Crippen molar-refractivity contribution in [3.8, 4) is 40.0 Å². The molecule has 1 aliphatic carbocycles. The van der Waals surface area contributed by atoms with Crippen molar-refractivity contribution in [1.29, 1.82) is 0 Å². The summed E-state index contributed by atoms with van der Waals surface area (Å²) in [5.41, 5.74) is 8.22. The van der Waals surface area contributed by atoms with Gasteiger partial charge in [-0.05, 0) is 30.0 Å². The van der Waals surface area contributed by atoms with Gasteiger partial charge in [-0.25, -0.2) is 24.9 Å². The summed E-state index contributed by atoms with van der Waals surface area (Å²) < 4.78 is 9.03. The monoisotopic (exact) mass is 794 g/mol. The summed E-state index contributed by atoms with van der Waals surface area (Å²) in [6.07, 6.45) is 9.31. The summed E-state index contributed by atoms with van der Waals surface area (Å²) in [6, 6.07) is 56.8. The molecule has 7 heteroatoms. The summed E-state index contributed by atoms with van der Waals surface area (Å²) >= 11 is 0. The molecule has 0 bridgehead atoms. The fourth-order valence-corrected chi connectivity index (χ4v) is 9.46. The Balaban J connectivity index is 1.19. The normalized spacial score (nSPS) is 14.1. The van der Waals surface area contributed by atoms with Crippen LogP contribution in [0.25, 0.3) is 116 Å². The van der Waals surface area contributed by atoms with Gasteiger partial charge in [0.2, 0.25) is 5.95 Å². The maximum absolute atomic E-state index is 6.76. The first-order valence-electron chi connectivity index (χ1n) is 21.0. The first kappa shape index (κ1) is 34.6. The number of benzene rings is 8. The standard InChI is InChI=1S/C55H34N6O/c1-4-17-34(18-5-1)48-43-31-28-33-16-10-11-23-38(33)49(43)57-55(56-48)61-44-32-37(54-59-52(35-19-6-2-7-20-35)58-53(60-54)36-21-8-3-9-22-36)29-30-41(44)46-47-42-26-14-15-27-45(42)62-51(47)40-25-13-12-24-39(40)50(46)61/h1-21,23-32,36H,22H2. The third-order valence-corrected chi connectivity index (χ3v) is 12.3. The maximum atomic E-state index is 6.76. The van der Waals surface area contributed by atoms with Crippen LogP contribution in [0, 0.1) is 0 Å². The molecule has 8 aromatic carbocycles. The van der Waals surface area contributed by atoms with E-state index in [0.717, 1.165) is 111 Å². The van der Waals surface area contributed by atoms with Crippen LogP contribution in [0.1, 0.15) is 18.2 Å². The Morgan fingerprint density at radius 2 is 1.19 bits per heavy atom. The number of para-hydroxylation sites is 1. The van der Waals surface area contributed by atoms with Crippen molar-refractivity contribution in [3.63, 3.8) is 0 Å². The minimum Gasteiger partial charge on any atom is -0.455 e. The molecule has 12 aromatic rings. The lowest BCUT2D eigenvalue weighted by Gasteiger charge is -2.15. The predicted octanol–water partition coefficient (Wildman–Crippen LogP) is 13.7. The van der Waals surface area contributed by atoms with Crippen molar-refractivity contribution >= 4 is 76.2 Å². The van der Waals surface area contributed by atoms with Crippen molar-refractivity contribution in [2.24, 2.45) is 0 Å². The van der Waals surface area contributed by atoms with Crippen LogP contribution in [-0.4, -0.2) is 29.5 Å². The largest absolute Gasteiger partial charge is 0.455 e. The average molecular weight is 795 g/mol. The molecule has 0 saturated carbocycles. The summed E-state index contributed by atoms with van der Waals surface area (Å²) in [7, 11) is 0. The van der Waals surface area contributed by atoms with E-state index in [1.807, 2.05) is 30.3 Å². The Kier molecular flexibility index (Phi) is 7.59. The summed E-state index contributed by atoms with van der Waals surface area (Å²) in [5, 5.41) is 9.49. The Morgan fingerprint density at radius 1 is 0.500 bits per heavy atom. The smallest absolute Gasteiger partial charge is 0.235 e. The lowest BCUT2D eigenvalue weighted by atomic mass is 9.99. The zero-order valence-corrected chi connectivity index (χ0v) is 33.3. The van der Waals surface area contributed by atoms with Gasteiger partial charge in [0.15, 0.2) is 11.6 Å². The highest BCUT2D eigenvalue weighted by Crippen LogP contribution is 2.47. The van der Waals surface area contributed by atoms with Gasteiger partial charge in [0, 0.05) is 65.7 Å².